The third-order valence-corrected chi connectivity index (χ3v) is 5.47. The van der Waals surface area contributed by atoms with Crippen LogP contribution in [0.4, 0.5) is 0 Å². The Morgan fingerprint density at radius 1 is 0.955 bits per heavy atom. The van der Waals surface area contributed by atoms with Crippen molar-refractivity contribution >= 4 is 16.6 Å². The molecular weight excluding hydrogens is 270 g/mol. The van der Waals surface area contributed by atoms with E-state index >= 15 is 0 Å². The first-order valence-corrected chi connectivity index (χ1v) is 8.59. The molecule has 0 bridgehead atoms. The van der Waals surface area contributed by atoms with E-state index in [1.54, 1.807) is 0 Å². The summed E-state index contributed by atoms with van der Waals surface area (Å²) in [5.41, 5.74) is 0.915. The Morgan fingerprint density at radius 2 is 1.77 bits per heavy atom. The predicted octanol–water partition coefficient (Wildman–Crippen LogP) is 4.29. The van der Waals surface area contributed by atoms with Gasteiger partial charge in [0.15, 0.2) is 5.78 Å². The molecule has 2 aromatic carbocycles. The number of Topliss-reactive ketones (excluding diaryl/α,β-unsaturated/α-hetero) is 1. The number of nitrogens with zero attached hydrogens (tertiary/aromatic N) is 1. The van der Waals surface area contributed by atoms with Gasteiger partial charge in [0, 0.05) is 24.1 Å². The van der Waals surface area contributed by atoms with Gasteiger partial charge in [-0.2, -0.15) is 0 Å². The van der Waals surface area contributed by atoms with Gasteiger partial charge in [-0.1, -0.05) is 48.9 Å². The van der Waals surface area contributed by atoms with Gasteiger partial charge < -0.3 is 0 Å². The standard InChI is InChI=1S/C20H23NO/c22-20(16-8-5-13-21(14-16)17-9-4-10-17)19-12-3-7-15-6-1-2-11-18(15)19/h1-3,6-7,11-12,16-17H,4-5,8-10,13-14H2. The minimum absolute atomic E-state index is 0.181. The highest BCUT2D eigenvalue weighted by molar-refractivity contribution is 6.09. The minimum atomic E-state index is 0.181. The van der Waals surface area contributed by atoms with Gasteiger partial charge in [-0.25, -0.2) is 0 Å². The number of rotatable bonds is 3. The number of hydrogen-bond donors (Lipinski definition) is 0. The Morgan fingerprint density at radius 3 is 2.59 bits per heavy atom. The smallest absolute Gasteiger partial charge is 0.167 e. The van der Waals surface area contributed by atoms with Crippen molar-refractivity contribution in [2.75, 3.05) is 13.1 Å². The summed E-state index contributed by atoms with van der Waals surface area (Å²) in [5.74, 6) is 0.529. The lowest BCUT2D eigenvalue weighted by Crippen LogP contribution is -2.47. The summed E-state index contributed by atoms with van der Waals surface area (Å²) < 4.78 is 0. The zero-order chi connectivity index (χ0) is 14.9. The maximum atomic E-state index is 13.1. The molecule has 2 fully saturated rings. The molecule has 1 saturated heterocycles. The topological polar surface area (TPSA) is 20.3 Å². The largest absolute Gasteiger partial charge is 0.300 e. The molecule has 1 saturated carbocycles. The van der Waals surface area contributed by atoms with Crippen LogP contribution in [0.2, 0.25) is 0 Å². The molecule has 0 radical (unpaired) electrons. The second kappa shape index (κ2) is 5.85. The van der Waals surface area contributed by atoms with Gasteiger partial charge in [-0.3, -0.25) is 9.69 Å². The van der Waals surface area contributed by atoms with Gasteiger partial charge in [0.05, 0.1) is 0 Å². The summed E-state index contributed by atoms with van der Waals surface area (Å²) in [6.45, 7) is 2.15. The first-order chi connectivity index (χ1) is 10.8. The van der Waals surface area contributed by atoms with E-state index in [9.17, 15) is 4.79 Å². The molecule has 2 nitrogen and oxygen atoms in total. The van der Waals surface area contributed by atoms with Gasteiger partial charge in [-0.05, 0) is 43.0 Å². The molecule has 0 aromatic heterocycles. The number of likely N-dealkylation sites (tertiary alicyclic amines) is 1. The van der Waals surface area contributed by atoms with Crippen LogP contribution in [0.3, 0.4) is 0 Å². The molecule has 4 rings (SSSR count). The van der Waals surface area contributed by atoms with Crippen molar-refractivity contribution in [1.29, 1.82) is 0 Å². The first kappa shape index (κ1) is 14.0. The minimum Gasteiger partial charge on any atom is -0.300 e. The fraction of sp³-hybridized carbons (Fsp3) is 0.450. The Kier molecular flexibility index (Phi) is 3.71. The summed E-state index contributed by atoms with van der Waals surface area (Å²) in [4.78, 5) is 15.6. The number of carbonyl (C=O) groups excluding carboxylic acids is 1. The van der Waals surface area contributed by atoms with Crippen LogP contribution in [0, 0.1) is 5.92 Å². The number of benzene rings is 2. The highest BCUT2D eigenvalue weighted by Gasteiger charge is 2.32. The lowest BCUT2D eigenvalue weighted by molar-refractivity contribution is 0.0613. The highest BCUT2D eigenvalue weighted by Crippen LogP contribution is 2.31. The van der Waals surface area contributed by atoms with Gasteiger partial charge in [0.2, 0.25) is 0 Å². The van der Waals surface area contributed by atoms with E-state index in [4.69, 9.17) is 0 Å². The molecular formula is C20H23NO. The summed E-state index contributed by atoms with van der Waals surface area (Å²) in [6.07, 6.45) is 6.23. The van der Waals surface area contributed by atoms with E-state index in [2.05, 4.69) is 23.1 Å². The van der Waals surface area contributed by atoms with E-state index in [0.717, 1.165) is 36.4 Å². The molecule has 2 heteroatoms. The van der Waals surface area contributed by atoms with Crippen molar-refractivity contribution in [3.8, 4) is 0 Å². The maximum absolute atomic E-state index is 13.1. The number of hydrogen-bond acceptors (Lipinski definition) is 2. The Bertz CT molecular complexity index is 684. The van der Waals surface area contributed by atoms with E-state index in [0.29, 0.717) is 5.78 Å². The fourth-order valence-corrected chi connectivity index (χ4v) is 3.96. The molecule has 114 valence electrons. The molecule has 2 aliphatic rings. The van der Waals surface area contributed by atoms with Crippen LogP contribution in [0.15, 0.2) is 42.5 Å². The Hall–Kier alpha value is -1.67. The van der Waals surface area contributed by atoms with Crippen LogP contribution in [-0.2, 0) is 0 Å². The van der Waals surface area contributed by atoms with Crippen molar-refractivity contribution in [1.82, 2.24) is 4.90 Å². The van der Waals surface area contributed by atoms with Crippen LogP contribution < -0.4 is 0 Å². The monoisotopic (exact) mass is 293 g/mol. The van der Waals surface area contributed by atoms with Crippen molar-refractivity contribution in [3.05, 3.63) is 48.0 Å². The molecule has 0 amide bonds. The van der Waals surface area contributed by atoms with Gasteiger partial charge in [-0.15, -0.1) is 0 Å². The van der Waals surface area contributed by atoms with Crippen LogP contribution in [0.5, 0.6) is 0 Å². The predicted molar refractivity (Wildman–Crippen MR) is 90.2 cm³/mol. The average molecular weight is 293 g/mol. The number of ketones is 1. The summed E-state index contributed by atoms with van der Waals surface area (Å²) in [7, 11) is 0. The molecule has 2 aromatic rings. The van der Waals surface area contributed by atoms with E-state index in [1.165, 1.54) is 31.2 Å². The number of carbonyl (C=O) groups is 1. The summed E-state index contributed by atoms with van der Waals surface area (Å²) in [6, 6.07) is 15.1. The molecule has 1 atom stereocenters. The van der Waals surface area contributed by atoms with E-state index < -0.39 is 0 Å². The molecule has 0 N–H and O–H groups in total. The second-order valence-electron chi connectivity index (χ2n) is 6.81. The van der Waals surface area contributed by atoms with Crippen molar-refractivity contribution < 1.29 is 4.79 Å². The van der Waals surface area contributed by atoms with Crippen LogP contribution in [-0.4, -0.2) is 29.8 Å². The van der Waals surface area contributed by atoms with E-state index in [-0.39, 0.29) is 5.92 Å². The molecule has 1 aliphatic heterocycles. The lowest BCUT2D eigenvalue weighted by Gasteiger charge is -2.42. The van der Waals surface area contributed by atoms with Crippen LogP contribution in [0.1, 0.15) is 42.5 Å². The molecule has 1 aliphatic carbocycles. The zero-order valence-electron chi connectivity index (χ0n) is 13.0. The highest BCUT2D eigenvalue weighted by atomic mass is 16.1. The van der Waals surface area contributed by atoms with Crippen LogP contribution in [0.25, 0.3) is 10.8 Å². The molecule has 0 spiro atoms. The maximum Gasteiger partial charge on any atom is 0.167 e. The lowest BCUT2D eigenvalue weighted by atomic mass is 9.84. The van der Waals surface area contributed by atoms with Gasteiger partial charge in [0.25, 0.3) is 0 Å². The first-order valence-electron chi connectivity index (χ1n) is 8.59. The van der Waals surface area contributed by atoms with Crippen molar-refractivity contribution in [3.63, 3.8) is 0 Å². The third kappa shape index (κ3) is 2.46. The van der Waals surface area contributed by atoms with Gasteiger partial charge >= 0.3 is 0 Å². The fourth-order valence-electron chi connectivity index (χ4n) is 3.96. The average Bonchev–Trinajstić information content (AvgIpc) is 2.52. The molecule has 1 unspecified atom stereocenters. The molecule has 22 heavy (non-hydrogen) atoms. The Labute approximate surface area is 132 Å². The normalized spacial score (nSPS) is 23.4. The summed E-state index contributed by atoms with van der Waals surface area (Å²) >= 11 is 0. The van der Waals surface area contributed by atoms with Crippen molar-refractivity contribution in [2.24, 2.45) is 5.92 Å². The summed E-state index contributed by atoms with van der Waals surface area (Å²) in [5, 5.41) is 2.27. The van der Waals surface area contributed by atoms with Crippen LogP contribution >= 0.6 is 0 Å². The van der Waals surface area contributed by atoms with Gasteiger partial charge in [0.1, 0.15) is 0 Å². The number of piperidine rings is 1. The Balaban J connectivity index is 1.59. The van der Waals surface area contributed by atoms with E-state index in [1.807, 2.05) is 24.3 Å². The zero-order valence-corrected chi connectivity index (χ0v) is 13.0. The quantitative estimate of drug-likeness (QED) is 0.787. The second-order valence-corrected chi connectivity index (χ2v) is 6.81. The van der Waals surface area contributed by atoms with Crippen molar-refractivity contribution in [2.45, 2.75) is 38.1 Å². The number of fused-ring (bicyclic) bond motifs is 1. The third-order valence-electron chi connectivity index (χ3n) is 5.47. The SMILES string of the molecule is O=C(c1cccc2ccccc12)C1CCCN(C2CCC2)C1. The molecule has 1 heterocycles.